The predicted molar refractivity (Wildman–Crippen MR) is 129 cm³/mol. The van der Waals surface area contributed by atoms with Crippen LogP contribution in [0.5, 0.6) is 5.75 Å². The number of thioether (sulfide) groups is 1. The molecule has 1 aromatic heterocycles. The minimum absolute atomic E-state index is 0.0208. The zero-order valence-electron chi connectivity index (χ0n) is 18.4. The van der Waals surface area contributed by atoms with E-state index in [1.807, 2.05) is 66.4 Å². The first-order valence-corrected chi connectivity index (χ1v) is 11.7. The van der Waals surface area contributed by atoms with Gasteiger partial charge in [0.15, 0.2) is 0 Å². The van der Waals surface area contributed by atoms with Crippen LogP contribution in [0.15, 0.2) is 71.9 Å². The molecule has 7 nitrogen and oxygen atoms in total. The minimum Gasteiger partial charge on any atom is -0.494 e. The first kappa shape index (κ1) is 21.2. The summed E-state index contributed by atoms with van der Waals surface area (Å²) < 4.78 is 7.11. The number of benzene rings is 3. The topological polar surface area (TPSA) is 73.1 Å². The van der Waals surface area contributed by atoms with Gasteiger partial charge in [-0.2, -0.15) is 4.68 Å². The molecule has 0 spiro atoms. The second kappa shape index (κ2) is 9.07. The molecular formula is C25H23N5O2S. The molecule has 5 rings (SSSR count). The van der Waals surface area contributed by atoms with E-state index in [1.54, 1.807) is 11.8 Å². The average Bonchev–Trinajstić information content (AvgIpc) is 3.24. The van der Waals surface area contributed by atoms with Gasteiger partial charge in [-0.05, 0) is 71.1 Å². The van der Waals surface area contributed by atoms with Gasteiger partial charge in [0.1, 0.15) is 11.4 Å². The Kier molecular flexibility index (Phi) is 5.83. The highest BCUT2D eigenvalue weighted by Crippen LogP contribution is 2.37. The van der Waals surface area contributed by atoms with Gasteiger partial charge < -0.3 is 4.74 Å². The Balaban J connectivity index is 1.45. The van der Waals surface area contributed by atoms with Gasteiger partial charge in [-0.15, -0.1) is 5.10 Å². The lowest BCUT2D eigenvalue weighted by atomic mass is 10.0. The van der Waals surface area contributed by atoms with E-state index < -0.39 is 0 Å². The first-order valence-electron chi connectivity index (χ1n) is 10.7. The Morgan fingerprint density at radius 3 is 2.30 bits per heavy atom. The number of fused-ring (bicyclic) bond motifs is 2. The van der Waals surface area contributed by atoms with Gasteiger partial charge in [-0.1, -0.05) is 54.2 Å². The van der Waals surface area contributed by atoms with Crippen molar-refractivity contribution in [2.24, 2.45) is 0 Å². The number of rotatable bonds is 5. The summed E-state index contributed by atoms with van der Waals surface area (Å²) in [4.78, 5) is 15.4. The van der Waals surface area contributed by atoms with Crippen LogP contribution < -0.4 is 9.64 Å². The quantitative estimate of drug-likeness (QED) is 0.410. The molecule has 0 atom stereocenters. The number of methoxy groups -OCH3 is 1. The van der Waals surface area contributed by atoms with E-state index in [1.165, 1.54) is 22.9 Å². The highest BCUT2D eigenvalue weighted by atomic mass is 32.2. The smallest absolute Gasteiger partial charge is 0.242 e. The largest absolute Gasteiger partial charge is 0.494 e. The van der Waals surface area contributed by atoms with E-state index in [9.17, 15) is 4.79 Å². The number of hydrogen-bond acceptors (Lipinski definition) is 6. The summed E-state index contributed by atoms with van der Waals surface area (Å²) in [5, 5.41) is 12.7. The summed E-state index contributed by atoms with van der Waals surface area (Å²) in [6.07, 6.45) is 1.80. The van der Waals surface area contributed by atoms with Crippen LogP contribution in [0.25, 0.3) is 5.69 Å². The van der Waals surface area contributed by atoms with Crippen LogP contribution in [-0.2, 0) is 17.6 Å². The second-order valence-electron chi connectivity index (χ2n) is 7.82. The monoisotopic (exact) mass is 457 g/mol. The summed E-state index contributed by atoms with van der Waals surface area (Å²) in [5.41, 5.74) is 6.01. The summed E-state index contributed by atoms with van der Waals surface area (Å²) in [7, 11) is 1.61. The fraction of sp³-hybridized carbons (Fsp3) is 0.200. The normalized spacial score (nSPS) is 12.6. The number of ether oxygens (including phenoxy) is 1. The molecule has 0 radical (unpaired) electrons. The Bertz CT molecular complexity index is 1270. The van der Waals surface area contributed by atoms with E-state index in [-0.39, 0.29) is 11.7 Å². The summed E-state index contributed by atoms with van der Waals surface area (Å²) >= 11 is 1.31. The van der Waals surface area contributed by atoms with Crippen molar-refractivity contribution in [1.29, 1.82) is 0 Å². The molecule has 8 heteroatoms. The number of hydrogen-bond donors (Lipinski definition) is 0. The van der Waals surface area contributed by atoms with E-state index in [2.05, 4.69) is 27.7 Å². The number of anilines is 2. The Morgan fingerprint density at radius 1 is 0.970 bits per heavy atom. The molecule has 1 aliphatic heterocycles. The zero-order chi connectivity index (χ0) is 22.8. The van der Waals surface area contributed by atoms with Gasteiger partial charge in [0.25, 0.3) is 0 Å². The van der Waals surface area contributed by atoms with Crippen molar-refractivity contribution in [3.05, 3.63) is 83.4 Å². The van der Waals surface area contributed by atoms with E-state index >= 15 is 0 Å². The lowest BCUT2D eigenvalue weighted by molar-refractivity contribution is -0.115. The van der Waals surface area contributed by atoms with Crippen LogP contribution in [0, 0.1) is 6.92 Å². The Morgan fingerprint density at radius 2 is 1.64 bits per heavy atom. The fourth-order valence-corrected chi connectivity index (χ4v) is 4.86. The third-order valence-corrected chi connectivity index (χ3v) is 6.61. The second-order valence-corrected chi connectivity index (χ2v) is 8.77. The van der Waals surface area contributed by atoms with Crippen molar-refractivity contribution < 1.29 is 9.53 Å². The molecule has 4 aromatic rings. The van der Waals surface area contributed by atoms with Gasteiger partial charge in [0.05, 0.1) is 24.2 Å². The summed E-state index contributed by atoms with van der Waals surface area (Å²) in [6, 6.07) is 22.0. The maximum absolute atomic E-state index is 13.6. The molecule has 0 saturated heterocycles. The molecule has 0 fully saturated rings. The highest BCUT2D eigenvalue weighted by Gasteiger charge is 2.26. The lowest BCUT2D eigenvalue weighted by Crippen LogP contribution is -2.28. The molecule has 0 saturated carbocycles. The Labute approximate surface area is 196 Å². The van der Waals surface area contributed by atoms with Crippen molar-refractivity contribution in [3.63, 3.8) is 0 Å². The third kappa shape index (κ3) is 4.09. The molecule has 33 heavy (non-hydrogen) atoms. The van der Waals surface area contributed by atoms with Gasteiger partial charge in [-0.25, -0.2) is 0 Å². The number of nitrogens with zero attached hydrogens (tertiary/aromatic N) is 5. The highest BCUT2D eigenvalue weighted by molar-refractivity contribution is 7.99. The molecule has 0 unspecified atom stereocenters. The number of tetrazole rings is 1. The fourth-order valence-electron chi connectivity index (χ4n) is 4.13. The summed E-state index contributed by atoms with van der Waals surface area (Å²) in [6.45, 7) is 2.00. The van der Waals surface area contributed by atoms with Crippen LogP contribution >= 0.6 is 11.8 Å². The first-order chi connectivity index (χ1) is 16.2. The molecule has 0 N–H and O–H groups in total. The molecule has 166 valence electrons. The van der Waals surface area contributed by atoms with E-state index in [4.69, 9.17) is 4.74 Å². The molecule has 1 aliphatic rings. The van der Waals surface area contributed by atoms with Crippen molar-refractivity contribution >= 4 is 29.0 Å². The van der Waals surface area contributed by atoms with Crippen LogP contribution in [-0.4, -0.2) is 39.0 Å². The van der Waals surface area contributed by atoms with Crippen LogP contribution in [0.2, 0.25) is 0 Å². The number of carbonyl (C=O) groups excluding carboxylic acids is 1. The number of amides is 1. The van der Waals surface area contributed by atoms with Crippen molar-refractivity contribution in [2.45, 2.75) is 24.9 Å². The van der Waals surface area contributed by atoms with E-state index in [0.29, 0.717) is 10.9 Å². The molecule has 1 amide bonds. The average molecular weight is 458 g/mol. The Hall–Kier alpha value is -3.65. The van der Waals surface area contributed by atoms with Gasteiger partial charge in [0.2, 0.25) is 11.1 Å². The lowest BCUT2D eigenvalue weighted by Gasteiger charge is -2.24. The predicted octanol–water partition coefficient (Wildman–Crippen LogP) is 4.53. The zero-order valence-corrected chi connectivity index (χ0v) is 19.2. The SMILES string of the molecule is COc1ccc(C)cc1-n1nnnc1SCC(=O)N1c2ccccc2CCc2ccccc21. The van der Waals surface area contributed by atoms with Crippen LogP contribution in [0.4, 0.5) is 11.4 Å². The number of aromatic nitrogens is 4. The van der Waals surface area contributed by atoms with E-state index in [0.717, 1.165) is 35.5 Å². The maximum Gasteiger partial charge on any atom is 0.242 e. The molecule has 3 aromatic carbocycles. The molecule has 2 heterocycles. The van der Waals surface area contributed by atoms with Crippen molar-refractivity contribution in [1.82, 2.24) is 20.2 Å². The number of para-hydroxylation sites is 2. The van der Waals surface area contributed by atoms with Gasteiger partial charge in [0, 0.05) is 0 Å². The van der Waals surface area contributed by atoms with Crippen LogP contribution in [0.1, 0.15) is 16.7 Å². The van der Waals surface area contributed by atoms with Crippen molar-refractivity contribution in [2.75, 3.05) is 17.8 Å². The maximum atomic E-state index is 13.6. The minimum atomic E-state index is -0.0208. The molecular weight excluding hydrogens is 434 g/mol. The van der Waals surface area contributed by atoms with Gasteiger partial charge in [-0.3, -0.25) is 9.69 Å². The van der Waals surface area contributed by atoms with Crippen LogP contribution in [0.3, 0.4) is 0 Å². The van der Waals surface area contributed by atoms with Gasteiger partial charge >= 0.3 is 0 Å². The number of carbonyl (C=O) groups is 1. The molecule has 0 bridgehead atoms. The number of aryl methyl sites for hydroxylation is 3. The molecule has 0 aliphatic carbocycles. The van der Waals surface area contributed by atoms with Crippen molar-refractivity contribution in [3.8, 4) is 11.4 Å². The third-order valence-electron chi connectivity index (χ3n) is 5.71. The standard InChI is InChI=1S/C25H23N5O2S/c1-17-11-14-23(32-2)22(15-17)30-25(26-27-28-30)33-16-24(31)29-20-9-5-3-7-18(20)12-13-19-8-4-6-10-21(19)29/h3-11,14-15H,12-13,16H2,1-2H3. The summed E-state index contributed by atoms with van der Waals surface area (Å²) in [5.74, 6) is 0.834.